The minimum atomic E-state index is 0.115. The number of nitrogens with one attached hydrogen (secondary N) is 1. The van der Waals surface area contributed by atoms with Gasteiger partial charge in [-0.2, -0.15) is 0 Å². The highest BCUT2D eigenvalue weighted by atomic mass is 16.3. The minimum absolute atomic E-state index is 0.115. The smallest absolute Gasteiger partial charge is 0.102 e. The normalized spacial score (nSPS) is 12.0. The molecule has 0 amide bonds. The molecule has 0 aliphatic heterocycles. The van der Waals surface area contributed by atoms with Crippen LogP contribution >= 0.6 is 0 Å². The Morgan fingerprint density at radius 3 is 2.60 bits per heavy atom. The van der Waals surface area contributed by atoms with Crippen molar-refractivity contribution in [1.82, 2.24) is 5.32 Å². The van der Waals surface area contributed by atoms with E-state index in [-0.39, 0.29) is 6.61 Å². The van der Waals surface area contributed by atoms with Gasteiger partial charge in [0.1, 0.15) is 5.76 Å². The first kappa shape index (κ1) is 14.5. The molecule has 3 heteroatoms. The van der Waals surface area contributed by atoms with Crippen LogP contribution in [0.4, 0.5) is 0 Å². The van der Waals surface area contributed by atoms with E-state index in [9.17, 15) is 5.11 Å². The van der Waals surface area contributed by atoms with Crippen molar-refractivity contribution < 1.29 is 10.2 Å². The second kappa shape index (κ2) is 11.5. The predicted molar refractivity (Wildman–Crippen MR) is 64.0 cm³/mol. The second-order valence-corrected chi connectivity index (χ2v) is 3.80. The minimum Gasteiger partial charge on any atom is -0.511 e. The van der Waals surface area contributed by atoms with Crippen LogP contribution in [0.2, 0.25) is 0 Å². The molecule has 0 atom stereocenters. The Morgan fingerprint density at radius 2 is 1.93 bits per heavy atom. The number of hydrogen-bond donors (Lipinski definition) is 3. The molecule has 0 bridgehead atoms. The van der Waals surface area contributed by atoms with E-state index in [4.69, 9.17) is 5.11 Å². The SMILES string of the molecule is CCCCCCC/C=C(\O)CNCCO. The molecule has 0 aromatic carbocycles. The van der Waals surface area contributed by atoms with Crippen molar-refractivity contribution in [3.8, 4) is 0 Å². The number of hydrogen-bond acceptors (Lipinski definition) is 3. The number of aliphatic hydroxyl groups is 2. The molecule has 0 aromatic heterocycles. The Morgan fingerprint density at radius 1 is 1.20 bits per heavy atom. The van der Waals surface area contributed by atoms with E-state index in [2.05, 4.69) is 12.2 Å². The van der Waals surface area contributed by atoms with Gasteiger partial charge in [-0.3, -0.25) is 0 Å². The van der Waals surface area contributed by atoms with Crippen LogP contribution in [-0.2, 0) is 0 Å². The lowest BCUT2D eigenvalue weighted by Crippen LogP contribution is -2.20. The van der Waals surface area contributed by atoms with Crippen LogP contribution in [0.5, 0.6) is 0 Å². The summed E-state index contributed by atoms with van der Waals surface area (Å²) < 4.78 is 0. The summed E-state index contributed by atoms with van der Waals surface area (Å²) in [5, 5.41) is 20.8. The van der Waals surface area contributed by atoms with E-state index >= 15 is 0 Å². The summed E-state index contributed by atoms with van der Waals surface area (Å²) in [5.41, 5.74) is 0. The number of aliphatic hydroxyl groups excluding tert-OH is 2. The Balaban J connectivity index is 3.25. The molecule has 90 valence electrons. The summed E-state index contributed by atoms with van der Waals surface area (Å²) in [6.07, 6.45) is 9.12. The molecular weight excluding hydrogens is 190 g/mol. The third-order valence-electron chi connectivity index (χ3n) is 2.28. The van der Waals surface area contributed by atoms with Crippen molar-refractivity contribution in [2.24, 2.45) is 0 Å². The molecular formula is C12H25NO2. The first-order valence-electron chi connectivity index (χ1n) is 6.00. The number of rotatable bonds is 10. The summed E-state index contributed by atoms with van der Waals surface area (Å²) in [5.74, 6) is 0.388. The summed E-state index contributed by atoms with van der Waals surface area (Å²) in [7, 11) is 0. The number of unbranched alkanes of at least 4 members (excludes halogenated alkanes) is 5. The van der Waals surface area contributed by atoms with Gasteiger partial charge in [0.15, 0.2) is 0 Å². The predicted octanol–water partition coefficient (Wildman–Crippen LogP) is 2.37. The third kappa shape index (κ3) is 11.4. The van der Waals surface area contributed by atoms with E-state index in [0.717, 1.165) is 12.8 Å². The Bertz CT molecular complexity index is 158. The quantitative estimate of drug-likeness (QED) is 0.387. The summed E-state index contributed by atoms with van der Waals surface area (Å²) >= 11 is 0. The molecule has 0 aliphatic rings. The molecule has 0 fully saturated rings. The van der Waals surface area contributed by atoms with Crippen molar-refractivity contribution in [3.05, 3.63) is 11.8 Å². The van der Waals surface area contributed by atoms with Gasteiger partial charge in [0.25, 0.3) is 0 Å². The summed E-state index contributed by atoms with van der Waals surface area (Å²) in [6, 6.07) is 0. The second-order valence-electron chi connectivity index (χ2n) is 3.80. The van der Waals surface area contributed by atoms with Gasteiger partial charge in [0, 0.05) is 6.54 Å². The Kier molecular flexibility index (Phi) is 11.1. The Labute approximate surface area is 93.2 Å². The van der Waals surface area contributed by atoms with Crippen LogP contribution in [-0.4, -0.2) is 29.9 Å². The van der Waals surface area contributed by atoms with Crippen molar-refractivity contribution in [2.45, 2.75) is 45.4 Å². The van der Waals surface area contributed by atoms with Crippen LogP contribution in [0.25, 0.3) is 0 Å². The van der Waals surface area contributed by atoms with Gasteiger partial charge in [-0.15, -0.1) is 0 Å². The fraction of sp³-hybridized carbons (Fsp3) is 0.833. The maximum atomic E-state index is 9.40. The number of allylic oxidation sites excluding steroid dienone is 1. The fourth-order valence-corrected chi connectivity index (χ4v) is 1.38. The van der Waals surface area contributed by atoms with Gasteiger partial charge in [0.2, 0.25) is 0 Å². The standard InChI is InChI=1S/C12H25NO2/c1-2-3-4-5-6-7-8-12(15)11-13-9-10-14/h8,13-15H,2-7,9-11H2,1H3/b12-8-. The molecule has 0 radical (unpaired) electrons. The molecule has 0 saturated heterocycles. The zero-order chi connectivity index (χ0) is 11.4. The van der Waals surface area contributed by atoms with Crippen LogP contribution in [0.3, 0.4) is 0 Å². The molecule has 0 rings (SSSR count). The highest BCUT2D eigenvalue weighted by Crippen LogP contribution is 2.06. The van der Waals surface area contributed by atoms with Crippen molar-refractivity contribution in [1.29, 1.82) is 0 Å². The van der Waals surface area contributed by atoms with E-state index in [1.165, 1.54) is 25.7 Å². The molecule has 0 heterocycles. The largest absolute Gasteiger partial charge is 0.511 e. The lowest BCUT2D eigenvalue weighted by molar-refractivity contribution is 0.289. The van der Waals surface area contributed by atoms with Crippen LogP contribution in [0.15, 0.2) is 11.8 Å². The van der Waals surface area contributed by atoms with Gasteiger partial charge >= 0.3 is 0 Å². The lowest BCUT2D eigenvalue weighted by atomic mass is 10.1. The Hall–Kier alpha value is -0.540. The maximum Gasteiger partial charge on any atom is 0.102 e. The van der Waals surface area contributed by atoms with E-state index in [0.29, 0.717) is 18.8 Å². The topological polar surface area (TPSA) is 52.5 Å². The van der Waals surface area contributed by atoms with Crippen LogP contribution in [0.1, 0.15) is 45.4 Å². The van der Waals surface area contributed by atoms with Crippen molar-refractivity contribution in [3.63, 3.8) is 0 Å². The van der Waals surface area contributed by atoms with E-state index in [1.54, 1.807) is 0 Å². The first-order valence-corrected chi connectivity index (χ1v) is 6.00. The van der Waals surface area contributed by atoms with Crippen LogP contribution < -0.4 is 5.32 Å². The zero-order valence-corrected chi connectivity index (χ0v) is 9.84. The third-order valence-corrected chi connectivity index (χ3v) is 2.28. The monoisotopic (exact) mass is 215 g/mol. The fourth-order valence-electron chi connectivity index (χ4n) is 1.38. The van der Waals surface area contributed by atoms with Crippen LogP contribution in [0, 0.1) is 0 Å². The first-order chi connectivity index (χ1) is 7.31. The molecule has 0 spiro atoms. The molecule has 3 nitrogen and oxygen atoms in total. The molecule has 0 aromatic rings. The zero-order valence-electron chi connectivity index (χ0n) is 9.84. The molecule has 3 N–H and O–H groups in total. The average molecular weight is 215 g/mol. The molecule has 0 unspecified atom stereocenters. The van der Waals surface area contributed by atoms with Gasteiger partial charge in [-0.25, -0.2) is 0 Å². The van der Waals surface area contributed by atoms with E-state index in [1.807, 2.05) is 6.08 Å². The maximum absolute atomic E-state index is 9.40. The highest BCUT2D eigenvalue weighted by Gasteiger charge is 1.92. The van der Waals surface area contributed by atoms with Gasteiger partial charge in [-0.1, -0.05) is 32.6 Å². The van der Waals surface area contributed by atoms with Crippen molar-refractivity contribution in [2.75, 3.05) is 19.7 Å². The van der Waals surface area contributed by atoms with E-state index < -0.39 is 0 Å². The highest BCUT2D eigenvalue weighted by molar-refractivity contribution is 4.92. The molecule has 15 heavy (non-hydrogen) atoms. The van der Waals surface area contributed by atoms with Gasteiger partial charge in [0.05, 0.1) is 13.2 Å². The molecule has 0 saturated carbocycles. The van der Waals surface area contributed by atoms with Gasteiger partial charge < -0.3 is 15.5 Å². The average Bonchev–Trinajstić information content (AvgIpc) is 2.23. The summed E-state index contributed by atoms with van der Waals surface area (Å²) in [4.78, 5) is 0. The lowest BCUT2D eigenvalue weighted by Gasteiger charge is -2.02. The van der Waals surface area contributed by atoms with Gasteiger partial charge in [-0.05, 0) is 18.9 Å². The summed E-state index contributed by atoms with van der Waals surface area (Å²) in [6.45, 7) is 3.33. The van der Waals surface area contributed by atoms with Crippen molar-refractivity contribution >= 4 is 0 Å². The molecule has 0 aliphatic carbocycles.